The van der Waals surface area contributed by atoms with Crippen LogP contribution in [0.15, 0.2) is 41.0 Å². The molecule has 1 aliphatic carbocycles. The number of benzene rings is 1. The zero-order valence-corrected chi connectivity index (χ0v) is 11.5. The van der Waals surface area contributed by atoms with Crippen LogP contribution < -0.4 is 5.32 Å². The molecule has 1 saturated carbocycles. The minimum absolute atomic E-state index is 0.220. The van der Waals surface area contributed by atoms with Gasteiger partial charge in [-0.2, -0.15) is 0 Å². The first kappa shape index (κ1) is 13.8. The van der Waals surface area contributed by atoms with Crippen LogP contribution in [0.25, 0.3) is 0 Å². The fourth-order valence-corrected chi connectivity index (χ4v) is 2.83. The van der Waals surface area contributed by atoms with Crippen LogP contribution >= 0.6 is 0 Å². The number of carbonyl (C=O) groups is 1. The van der Waals surface area contributed by atoms with E-state index in [-0.39, 0.29) is 17.6 Å². The maximum absolute atomic E-state index is 14.0. The van der Waals surface area contributed by atoms with Gasteiger partial charge in [-0.3, -0.25) is 4.79 Å². The second kappa shape index (κ2) is 4.98. The smallest absolute Gasteiger partial charge is 0.287 e. The van der Waals surface area contributed by atoms with E-state index in [0.29, 0.717) is 12.1 Å². The first-order valence-corrected chi connectivity index (χ1v) is 6.80. The van der Waals surface area contributed by atoms with Crippen molar-refractivity contribution in [3.05, 3.63) is 59.6 Å². The summed E-state index contributed by atoms with van der Waals surface area (Å²) in [5.41, 5.74) is -0.00353. The van der Waals surface area contributed by atoms with Gasteiger partial charge in [0, 0.05) is 18.0 Å². The molecule has 0 spiro atoms. The van der Waals surface area contributed by atoms with E-state index >= 15 is 0 Å². The number of nitrogens with one attached hydrogen (secondary N) is 1. The van der Waals surface area contributed by atoms with Crippen molar-refractivity contribution in [2.24, 2.45) is 5.92 Å². The first-order valence-electron chi connectivity index (χ1n) is 6.80. The van der Waals surface area contributed by atoms with E-state index in [0.717, 1.165) is 12.5 Å². The Hall–Kier alpha value is -2.17. The van der Waals surface area contributed by atoms with Crippen LogP contribution in [-0.4, -0.2) is 12.5 Å². The highest BCUT2D eigenvalue weighted by molar-refractivity contribution is 5.91. The number of hydrogen-bond acceptors (Lipinski definition) is 2. The Morgan fingerprint density at radius 3 is 2.76 bits per heavy atom. The molecule has 0 radical (unpaired) electrons. The minimum Gasteiger partial charge on any atom is -0.459 e. The van der Waals surface area contributed by atoms with Crippen LogP contribution in [0.3, 0.4) is 0 Å². The molecule has 0 saturated heterocycles. The molecule has 1 aromatic carbocycles. The molecule has 5 heteroatoms. The molecule has 0 bridgehead atoms. The van der Waals surface area contributed by atoms with E-state index in [1.165, 1.54) is 18.4 Å². The fraction of sp³-hybridized carbons (Fsp3) is 0.312. The molecular formula is C16H15F2NO2. The minimum atomic E-state index is -0.598. The molecule has 2 unspecified atom stereocenters. The van der Waals surface area contributed by atoms with E-state index in [4.69, 9.17) is 4.42 Å². The molecule has 1 aliphatic rings. The molecular weight excluding hydrogens is 276 g/mol. The van der Waals surface area contributed by atoms with Crippen LogP contribution in [0.2, 0.25) is 0 Å². The lowest BCUT2D eigenvalue weighted by atomic mass is 9.92. The summed E-state index contributed by atoms with van der Waals surface area (Å²) >= 11 is 0. The SMILES string of the molecule is CC1CC1(CNC(=O)c1ccco1)c1ccc(F)cc1F. The molecule has 2 atom stereocenters. The van der Waals surface area contributed by atoms with Gasteiger partial charge in [0.15, 0.2) is 5.76 Å². The monoisotopic (exact) mass is 291 g/mol. The molecule has 0 aliphatic heterocycles. The Labute approximate surface area is 121 Å². The van der Waals surface area contributed by atoms with Gasteiger partial charge in [-0.05, 0) is 36.1 Å². The molecule has 2 aromatic rings. The van der Waals surface area contributed by atoms with Crippen molar-refractivity contribution in [3.63, 3.8) is 0 Å². The molecule has 110 valence electrons. The van der Waals surface area contributed by atoms with E-state index in [2.05, 4.69) is 5.32 Å². The summed E-state index contributed by atoms with van der Waals surface area (Å²) in [5, 5.41) is 2.77. The first-order chi connectivity index (χ1) is 10.0. The van der Waals surface area contributed by atoms with Crippen LogP contribution in [0, 0.1) is 17.6 Å². The summed E-state index contributed by atoms with van der Waals surface area (Å²) in [6.45, 7) is 2.29. The van der Waals surface area contributed by atoms with Crippen molar-refractivity contribution in [2.45, 2.75) is 18.8 Å². The normalized spacial score (nSPS) is 23.9. The van der Waals surface area contributed by atoms with E-state index in [9.17, 15) is 13.6 Å². The van der Waals surface area contributed by atoms with Crippen LogP contribution in [0.1, 0.15) is 29.5 Å². The van der Waals surface area contributed by atoms with Gasteiger partial charge in [0.25, 0.3) is 5.91 Å². The van der Waals surface area contributed by atoms with Gasteiger partial charge in [0.05, 0.1) is 6.26 Å². The van der Waals surface area contributed by atoms with Crippen molar-refractivity contribution < 1.29 is 18.0 Å². The lowest BCUT2D eigenvalue weighted by molar-refractivity contribution is 0.0921. The second-order valence-corrected chi connectivity index (χ2v) is 5.55. The van der Waals surface area contributed by atoms with Crippen LogP contribution in [-0.2, 0) is 5.41 Å². The average molecular weight is 291 g/mol. The molecule has 1 heterocycles. The lowest BCUT2D eigenvalue weighted by Gasteiger charge is -2.18. The number of halogens is 2. The molecule has 3 nitrogen and oxygen atoms in total. The molecule has 1 amide bonds. The highest BCUT2D eigenvalue weighted by atomic mass is 19.1. The van der Waals surface area contributed by atoms with Crippen LogP contribution in [0.4, 0.5) is 8.78 Å². The van der Waals surface area contributed by atoms with Gasteiger partial charge in [-0.25, -0.2) is 8.78 Å². The molecule has 3 rings (SSSR count). The second-order valence-electron chi connectivity index (χ2n) is 5.55. The molecule has 21 heavy (non-hydrogen) atoms. The summed E-state index contributed by atoms with van der Waals surface area (Å²) in [7, 11) is 0. The fourth-order valence-electron chi connectivity index (χ4n) is 2.83. The van der Waals surface area contributed by atoms with E-state index in [1.54, 1.807) is 12.1 Å². The highest BCUT2D eigenvalue weighted by Crippen LogP contribution is 2.54. The summed E-state index contributed by atoms with van der Waals surface area (Å²) < 4.78 is 32.0. The third-order valence-electron chi connectivity index (χ3n) is 4.23. The van der Waals surface area contributed by atoms with Gasteiger partial charge in [0.1, 0.15) is 11.6 Å². The van der Waals surface area contributed by atoms with E-state index < -0.39 is 17.0 Å². The Morgan fingerprint density at radius 2 is 2.19 bits per heavy atom. The molecule has 1 aromatic heterocycles. The third kappa shape index (κ3) is 2.44. The summed E-state index contributed by atoms with van der Waals surface area (Å²) in [6, 6.07) is 6.80. The maximum Gasteiger partial charge on any atom is 0.287 e. The largest absolute Gasteiger partial charge is 0.459 e. The predicted molar refractivity (Wildman–Crippen MR) is 72.9 cm³/mol. The summed E-state index contributed by atoms with van der Waals surface area (Å²) in [4.78, 5) is 11.9. The predicted octanol–water partition coefficient (Wildman–Crippen LogP) is 3.27. The number of hydrogen-bond donors (Lipinski definition) is 1. The van der Waals surface area contributed by atoms with Gasteiger partial charge < -0.3 is 9.73 Å². The van der Waals surface area contributed by atoms with Gasteiger partial charge >= 0.3 is 0 Å². The number of carbonyl (C=O) groups excluding carboxylic acids is 1. The topological polar surface area (TPSA) is 42.2 Å². The van der Waals surface area contributed by atoms with Gasteiger partial charge in [-0.1, -0.05) is 13.0 Å². The zero-order chi connectivity index (χ0) is 15.0. The Bertz CT molecular complexity index is 669. The number of rotatable bonds is 4. The Kier molecular flexibility index (Phi) is 3.27. The lowest BCUT2D eigenvalue weighted by Crippen LogP contribution is -2.33. The number of furan rings is 1. The Balaban J connectivity index is 1.77. The zero-order valence-electron chi connectivity index (χ0n) is 11.5. The average Bonchev–Trinajstić information content (AvgIpc) is 2.89. The third-order valence-corrected chi connectivity index (χ3v) is 4.23. The summed E-state index contributed by atoms with van der Waals surface area (Å²) in [5.74, 6) is -1.04. The van der Waals surface area contributed by atoms with Crippen molar-refractivity contribution in [1.29, 1.82) is 0 Å². The van der Waals surface area contributed by atoms with Crippen molar-refractivity contribution in [3.8, 4) is 0 Å². The maximum atomic E-state index is 14.0. The highest BCUT2D eigenvalue weighted by Gasteiger charge is 2.53. The quantitative estimate of drug-likeness (QED) is 0.939. The number of amides is 1. The van der Waals surface area contributed by atoms with Crippen molar-refractivity contribution in [1.82, 2.24) is 5.32 Å². The molecule has 1 N–H and O–H groups in total. The van der Waals surface area contributed by atoms with Crippen molar-refractivity contribution >= 4 is 5.91 Å². The molecule has 1 fully saturated rings. The Morgan fingerprint density at radius 1 is 1.43 bits per heavy atom. The van der Waals surface area contributed by atoms with E-state index in [1.807, 2.05) is 6.92 Å². The van der Waals surface area contributed by atoms with Gasteiger partial charge in [0.2, 0.25) is 0 Å². The summed E-state index contributed by atoms with van der Waals surface area (Å²) in [6.07, 6.45) is 2.18. The standard InChI is InChI=1S/C16H15F2NO2/c1-10-8-16(10,12-5-4-11(17)7-13(12)18)9-19-15(20)14-3-2-6-21-14/h2-7,10H,8-9H2,1H3,(H,19,20). The van der Waals surface area contributed by atoms with Crippen LogP contribution in [0.5, 0.6) is 0 Å². The van der Waals surface area contributed by atoms with Crippen molar-refractivity contribution in [2.75, 3.05) is 6.54 Å². The van der Waals surface area contributed by atoms with Gasteiger partial charge in [-0.15, -0.1) is 0 Å².